The minimum Gasteiger partial charge on any atom is -0.440 e. The molecule has 1 aromatic carbocycles. The molecule has 2 N–H and O–H groups in total. The summed E-state index contributed by atoms with van der Waals surface area (Å²) in [5.74, 6) is 1.28. The molecule has 1 fully saturated rings. The zero-order valence-electron chi connectivity index (χ0n) is 12.6. The fourth-order valence-electron chi connectivity index (χ4n) is 2.24. The third-order valence-electron chi connectivity index (χ3n) is 3.76. The van der Waals surface area contributed by atoms with Gasteiger partial charge in [0.15, 0.2) is 5.69 Å². The molecular weight excluding hydrogens is 280 g/mol. The molecule has 116 valence electrons. The topological polar surface area (TPSA) is 75.4 Å². The van der Waals surface area contributed by atoms with Crippen LogP contribution >= 0.6 is 0 Å². The Hall–Kier alpha value is -2.14. The van der Waals surface area contributed by atoms with Gasteiger partial charge in [0.25, 0.3) is 5.91 Å². The molecule has 1 amide bonds. The number of oxazole rings is 1. The van der Waals surface area contributed by atoms with E-state index in [0.29, 0.717) is 29.8 Å². The van der Waals surface area contributed by atoms with Crippen LogP contribution in [0.5, 0.6) is 0 Å². The van der Waals surface area contributed by atoms with Crippen molar-refractivity contribution in [2.24, 2.45) is 5.92 Å². The molecule has 0 spiro atoms. The van der Waals surface area contributed by atoms with Gasteiger partial charge in [0.1, 0.15) is 5.76 Å². The molecule has 5 heteroatoms. The van der Waals surface area contributed by atoms with Gasteiger partial charge in [0.2, 0.25) is 5.89 Å². The lowest BCUT2D eigenvalue weighted by Crippen LogP contribution is -2.30. The van der Waals surface area contributed by atoms with Crippen LogP contribution in [0.15, 0.2) is 34.7 Å². The first-order valence-electron chi connectivity index (χ1n) is 7.64. The minimum absolute atomic E-state index is 0.0221. The first kappa shape index (κ1) is 14.8. The van der Waals surface area contributed by atoms with Crippen LogP contribution in [0.4, 0.5) is 0 Å². The summed E-state index contributed by atoms with van der Waals surface area (Å²) in [7, 11) is 0. The highest BCUT2D eigenvalue weighted by molar-refractivity contribution is 5.94. The Morgan fingerprint density at radius 2 is 2.14 bits per heavy atom. The monoisotopic (exact) mass is 300 g/mol. The normalized spacial score (nSPS) is 15.5. The summed E-state index contributed by atoms with van der Waals surface area (Å²) in [4.78, 5) is 16.8. The summed E-state index contributed by atoms with van der Waals surface area (Å²) >= 11 is 0. The van der Waals surface area contributed by atoms with Crippen molar-refractivity contribution in [1.82, 2.24) is 10.3 Å². The number of amides is 1. The van der Waals surface area contributed by atoms with Crippen molar-refractivity contribution in [3.8, 4) is 11.5 Å². The number of carbonyl (C=O) groups is 1. The molecule has 1 atom stereocenters. The van der Waals surface area contributed by atoms with E-state index in [1.807, 2.05) is 37.3 Å². The molecule has 2 aromatic rings. The van der Waals surface area contributed by atoms with Crippen molar-refractivity contribution in [2.75, 3.05) is 13.2 Å². The maximum Gasteiger partial charge on any atom is 0.273 e. The number of nitrogens with one attached hydrogen (secondary N) is 1. The van der Waals surface area contributed by atoms with E-state index in [-0.39, 0.29) is 18.4 Å². The highest BCUT2D eigenvalue weighted by Gasteiger charge is 2.34. The van der Waals surface area contributed by atoms with Crippen molar-refractivity contribution in [1.29, 1.82) is 0 Å². The first-order valence-corrected chi connectivity index (χ1v) is 7.64. The van der Waals surface area contributed by atoms with Crippen molar-refractivity contribution in [2.45, 2.75) is 25.7 Å². The Morgan fingerprint density at radius 1 is 1.41 bits per heavy atom. The summed E-state index contributed by atoms with van der Waals surface area (Å²) in [6.45, 7) is 2.34. The maximum absolute atomic E-state index is 12.3. The molecule has 5 nitrogen and oxygen atoms in total. The average Bonchev–Trinajstić information content (AvgIpc) is 3.31. The van der Waals surface area contributed by atoms with E-state index in [4.69, 9.17) is 9.52 Å². The fraction of sp³-hybridized carbons (Fsp3) is 0.412. The zero-order chi connectivity index (χ0) is 15.5. The van der Waals surface area contributed by atoms with E-state index in [9.17, 15) is 4.79 Å². The molecule has 1 saturated carbocycles. The van der Waals surface area contributed by atoms with Crippen LogP contribution in [0.2, 0.25) is 0 Å². The summed E-state index contributed by atoms with van der Waals surface area (Å²) < 4.78 is 5.86. The quantitative estimate of drug-likeness (QED) is 0.859. The van der Waals surface area contributed by atoms with Crippen LogP contribution in [-0.2, 0) is 0 Å². The predicted molar refractivity (Wildman–Crippen MR) is 82.5 cm³/mol. The van der Waals surface area contributed by atoms with E-state index >= 15 is 0 Å². The van der Waals surface area contributed by atoms with Crippen LogP contribution < -0.4 is 5.32 Å². The molecule has 22 heavy (non-hydrogen) atoms. The standard InChI is InChI=1S/C17H20N2O3/c1-11(10-20)9-18-16(21)14-15(12-7-8-12)22-17(19-14)13-5-3-2-4-6-13/h2-6,11-12,20H,7-10H2,1H3,(H,18,21). The summed E-state index contributed by atoms with van der Waals surface area (Å²) in [6.07, 6.45) is 2.08. The molecule has 3 rings (SSSR count). The second-order valence-electron chi connectivity index (χ2n) is 5.87. The van der Waals surface area contributed by atoms with Crippen molar-refractivity contribution in [3.05, 3.63) is 41.8 Å². The molecule has 0 bridgehead atoms. The predicted octanol–water partition coefficient (Wildman–Crippen LogP) is 2.58. The number of aromatic nitrogens is 1. The van der Waals surface area contributed by atoms with E-state index in [1.54, 1.807) is 0 Å². The average molecular weight is 300 g/mol. The SMILES string of the molecule is CC(CO)CNC(=O)c1nc(-c2ccccc2)oc1C1CC1. The zero-order valence-corrected chi connectivity index (χ0v) is 12.6. The minimum atomic E-state index is -0.229. The van der Waals surface area contributed by atoms with Crippen molar-refractivity contribution in [3.63, 3.8) is 0 Å². The summed E-state index contributed by atoms with van der Waals surface area (Å²) in [6, 6.07) is 9.59. The van der Waals surface area contributed by atoms with Gasteiger partial charge in [0, 0.05) is 24.6 Å². The van der Waals surface area contributed by atoms with Gasteiger partial charge < -0.3 is 14.8 Å². The van der Waals surface area contributed by atoms with E-state index in [0.717, 1.165) is 18.4 Å². The number of hydrogen-bond donors (Lipinski definition) is 2. The maximum atomic E-state index is 12.3. The lowest BCUT2D eigenvalue weighted by molar-refractivity contribution is 0.0936. The van der Waals surface area contributed by atoms with E-state index in [1.165, 1.54) is 0 Å². The second kappa shape index (κ2) is 6.32. The summed E-state index contributed by atoms with van der Waals surface area (Å²) in [5, 5.41) is 11.9. The molecule has 1 aliphatic rings. The van der Waals surface area contributed by atoms with Gasteiger partial charge in [-0.3, -0.25) is 4.79 Å². The highest BCUT2D eigenvalue weighted by Crippen LogP contribution is 2.43. The van der Waals surface area contributed by atoms with Crippen LogP contribution in [0.3, 0.4) is 0 Å². The summed E-state index contributed by atoms with van der Waals surface area (Å²) in [5.41, 5.74) is 1.25. The number of aliphatic hydroxyl groups is 1. The largest absolute Gasteiger partial charge is 0.440 e. The van der Waals surface area contributed by atoms with Gasteiger partial charge in [-0.15, -0.1) is 0 Å². The Labute approximate surface area is 129 Å². The first-order chi connectivity index (χ1) is 10.7. The van der Waals surface area contributed by atoms with Crippen molar-refractivity contribution < 1.29 is 14.3 Å². The number of aliphatic hydroxyl groups excluding tert-OH is 1. The van der Waals surface area contributed by atoms with Gasteiger partial charge >= 0.3 is 0 Å². The van der Waals surface area contributed by atoms with Crippen LogP contribution in [0.25, 0.3) is 11.5 Å². The third kappa shape index (κ3) is 3.20. The van der Waals surface area contributed by atoms with Gasteiger partial charge in [0.05, 0.1) is 0 Å². The Bertz CT molecular complexity index is 647. The molecule has 1 aromatic heterocycles. The Morgan fingerprint density at radius 3 is 2.77 bits per heavy atom. The lowest BCUT2D eigenvalue weighted by atomic mass is 10.2. The lowest BCUT2D eigenvalue weighted by Gasteiger charge is -2.08. The number of rotatable bonds is 6. The number of carbonyl (C=O) groups excluding carboxylic acids is 1. The Kier molecular flexibility index (Phi) is 4.24. The molecule has 0 radical (unpaired) electrons. The van der Waals surface area contributed by atoms with E-state index < -0.39 is 0 Å². The second-order valence-corrected chi connectivity index (χ2v) is 5.87. The smallest absolute Gasteiger partial charge is 0.273 e. The van der Waals surface area contributed by atoms with Crippen LogP contribution in [-0.4, -0.2) is 29.1 Å². The van der Waals surface area contributed by atoms with Gasteiger partial charge in [-0.2, -0.15) is 0 Å². The number of nitrogens with zero attached hydrogens (tertiary/aromatic N) is 1. The molecule has 1 unspecified atom stereocenters. The van der Waals surface area contributed by atoms with Gasteiger partial charge in [-0.05, 0) is 30.9 Å². The molecular formula is C17H20N2O3. The van der Waals surface area contributed by atoms with Crippen LogP contribution in [0, 0.1) is 5.92 Å². The van der Waals surface area contributed by atoms with Gasteiger partial charge in [-0.25, -0.2) is 4.98 Å². The third-order valence-corrected chi connectivity index (χ3v) is 3.76. The number of benzene rings is 1. The molecule has 0 aliphatic heterocycles. The highest BCUT2D eigenvalue weighted by atomic mass is 16.4. The number of hydrogen-bond acceptors (Lipinski definition) is 4. The van der Waals surface area contributed by atoms with E-state index in [2.05, 4.69) is 10.3 Å². The molecule has 1 aliphatic carbocycles. The van der Waals surface area contributed by atoms with Gasteiger partial charge in [-0.1, -0.05) is 25.1 Å². The van der Waals surface area contributed by atoms with Crippen molar-refractivity contribution >= 4 is 5.91 Å². The Balaban J connectivity index is 1.83. The molecule has 1 heterocycles. The molecule has 0 saturated heterocycles. The fourth-order valence-corrected chi connectivity index (χ4v) is 2.24. The van der Waals surface area contributed by atoms with Crippen LogP contribution in [0.1, 0.15) is 41.9 Å².